The second kappa shape index (κ2) is 9.24. The van der Waals surface area contributed by atoms with E-state index in [2.05, 4.69) is 4.98 Å². The molecule has 0 aliphatic carbocycles. The van der Waals surface area contributed by atoms with Gasteiger partial charge in [-0.1, -0.05) is 26.0 Å². The third kappa shape index (κ3) is 5.06. The second-order valence-corrected chi connectivity index (χ2v) is 9.59. The van der Waals surface area contributed by atoms with Gasteiger partial charge in [0.15, 0.2) is 0 Å². The van der Waals surface area contributed by atoms with Crippen molar-refractivity contribution in [2.75, 3.05) is 20.2 Å². The van der Waals surface area contributed by atoms with Crippen molar-refractivity contribution in [2.45, 2.75) is 44.1 Å². The monoisotopic (exact) mass is 432 g/mol. The molecule has 8 heteroatoms. The Kier molecular flexibility index (Phi) is 6.90. The fraction of sp³-hybridized carbons (Fsp3) is 0.455. The van der Waals surface area contributed by atoms with Crippen LogP contribution in [0.25, 0.3) is 11.3 Å². The fourth-order valence-electron chi connectivity index (χ4n) is 3.41. The lowest BCUT2D eigenvalue weighted by Gasteiger charge is -2.19. The van der Waals surface area contributed by atoms with Gasteiger partial charge in [0.1, 0.15) is 0 Å². The van der Waals surface area contributed by atoms with E-state index in [-0.39, 0.29) is 6.10 Å². The predicted octanol–water partition coefficient (Wildman–Crippen LogP) is 2.98. The first kappa shape index (κ1) is 22.4. The summed E-state index contributed by atoms with van der Waals surface area (Å²) in [6.45, 7) is 4.72. The number of aryl methyl sites for hydroxylation is 1. The summed E-state index contributed by atoms with van der Waals surface area (Å²) in [6, 6.07) is 10.8. The topological polar surface area (TPSA) is 100 Å². The Labute approximate surface area is 177 Å². The van der Waals surface area contributed by atoms with Gasteiger partial charge in [0.05, 0.1) is 29.2 Å². The van der Waals surface area contributed by atoms with E-state index in [0.717, 1.165) is 11.1 Å². The minimum atomic E-state index is -3.61. The first-order valence-corrected chi connectivity index (χ1v) is 11.6. The van der Waals surface area contributed by atoms with Gasteiger partial charge in [0.25, 0.3) is 0 Å². The molecule has 1 aliphatic rings. The van der Waals surface area contributed by atoms with E-state index in [4.69, 9.17) is 4.74 Å². The van der Waals surface area contributed by atoms with Crippen molar-refractivity contribution in [2.24, 2.45) is 5.92 Å². The summed E-state index contributed by atoms with van der Waals surface area (Å²) in [5.41, 5.74) is 2.94. The van der Waals surface area contributed by atoms with Gasteiger partial charge >= 0.3 is 5.97 Å². The van der Waals surface area contributed by atoms with Crippen LogP contribution in [0.2, 0.25) is 0 Å². The van der Waals surface area contributed by atoms with Crippen molar-refractivity contribution in [3.63, 3.8) is 0 Å². The second-order valence-electron chi connectivity index (χ2n) is 7.58. The van der Waals surface area contributed by atoms with Crippen LogP contribution in [0.5, 0.6) is 0 Å². The summed E-state index contributed by atoms with van der Waals surface area (Å²) < 4.78 is 32.5. The Morgan fingerprint density at radius 1 is 1.30 bits per heavy atom. The minimum Gasteiger partial charge on any atom is -0.481 e. The van der Waals surface area contributed by atoms with E-state index in [1.165, 1.54) is 4.31 Å². The molecule has 1 N–H and O–H groups in total. The highest BCUT2D eigenvalue weighted by Gasteiger charge is 2.31. The Balaban J connectivity index is 1.89. The molecular formula is C22H28N2O5S. The highest BCUT2D eigenvalue weighted by Crippen LogP contribution is 2.27. The molecule has 2 atom stereocenters. The summed E-state index contributed by atoms with van der Waals surface area (Å²) in [5, 5.41) is 9.30. The summed E-state index contributed by atoms with van der Waals surface area (Å²) in [5.74, 6) is -1.30. The van der Waals surface area contributed by atoms with Crippen LogP contribution in [0, 0.1) is 5.92 Å². The number of benzene rings is 1. The number of hydrogen-bond acceptors (Lipinski definition) is 5. The third-order valence-electron chi connectivity index (χ3n) is 5.39. The van der Waals surface area contributed by atoms with E-state index in [0.29, 0.717) is 48.7 Å². The van der Waals surface area contributed by atoms with E-state index < -0.39 is 21.9 Å². The van der Waals surface area contributed by atoms with Crippen molar-refractivity contribution in [3.05, 3.63) is 47.7 Å². The third-order valence-corrected chi connectivity index (χ3v) is 7.32. The summed E-state index contributed by atoms with van der Waals surface area (Å²) >= 11 is 0. The maximum Gasteiger partial charge on any atom is 0.306 e. The highest BCUT2D eigenvalue weighted by atomic mass is 32.2. The van der Waals surface area contributed by atoms with Gasteiger partial charge in [-0.05, 0) is 42.7 Å². The van der Waals surface area contributed by atoms with Crippen LogP contribution >= 0.6 is 0 Å². The number of rotatable bonds is 10. The minimum absolute atomic E-state index is 0.0150. The zero-order valence-corrected chi connectivity index (χ0v) is 18.4. The molecule has 0 saturated carbocycles. The number of carbonyl (C=O) groups is 1. The van der Waals surface area contributed by atoms with Gasteiger partial charge in [0, 0.05) is 31.3 Å². The number of epoxide rings is 1. The standard InChI is InChI=1S/C22H28N2O5S/c1-4-15-11-17(9-10-21(15)30(27,28)24(3)13-19-14-29-19)20-8-6-7-18(23-20)12-16(5-2)22(25)26/h6-11,16,19H,4-5,12-14H2,1-3H3,(H,25,26). The van der Waals surface area contributed by atoms with Gasteiger partial charge in [-0.3, -0.25) is 9.78 Å². The molecule has 30 heavy (non-hydrogen) atoms. The molecule has 0 bridgehead atoms. The summed E-state index contributed by atoms with van der Waals surface area (Å²) in [6.07, 6.45) is 1.44. The number of sulfonamides is 1. The number of pyridine rings is 1. The number of carboxylic acid groups (broad SMARTS) is 1. The molecule has 1 aromatic heterocycles. The van der Waals surface area contributed by atoms with Crippen molar-refractivity contribution in [1.29, 1.82) is 0 Å². The zero-order chi connectivity index (χ0) is 21.9. The van der Waals surface area contributed by atoms with Crippen molar-refractivity contribution >= 4 is 16.0 Å². The van der Waals surface area contributed by atoms with Crippen molar-refractivity contribution < 1.29 is 23.1 Å². The SMILES string of the molecule is CCc1cc(-c2cccc(CC(CC)C(=O)O)n2)ccc1S(=O)(=O)N(C)CC1CO1. The van der Waals surface area contributed by atoms with Crippen LogP contribution in [0.15, 0.2) is 41.3 Å². The van der Waals surface area contributed by atoms with Crippen LogP contribution in [-0.4, -0.2) is 55.1 Å². The molecular weight excluding hydrogens is 404 g/mol. The van der Waals surface area contributed by atoms with E-state index in [1.807, 2.05) is 38.1 Å². The quantitative estimate of drug-likeness (QED) is 0.580. The van der Waals surface area contributed by atoms with Gasteiger partial charge in [-0.15, -0.1) is 0 Å². The van der Waals surface area contributed by atoms with Gasteiger partial charge in [-0.25, -0.2) is 8.42 Å². The number of aromatic nitrogens is 1. The van der Waals surface area contributed by atoms with Crippen molar-refractivity contribution in [1.82, 2.24) is 9.29 Å². The fourth-order valence-corrected chi connectivity index (χ4v) is 4.88. The normalized spacial score (nSPS) is 17.1. The molecule has 1 saturated heterocycles. The lowest BCUT2D eigenvalue weighted by molar-refractivity contribution is -0.141. The molecule has 2 aromatic rings. The largest absolute Gasteiger partial charge is 0.481 e. The molecule has 0 amide bonds. The first-order chi connectivity index (χ1) is 14.3. The van der Waals surface area contributed by atoms with Crippen LogP contribution in [-0.2, 0) is 32.4 Å². The van der Waals surface area contributed by atoms with Gasteiger partial charge in [0.2, 0.25) is 10.0 Å². The molecule has 1 aromatic carbocycles. The Morgan fingerprint density at radius 2 is 2.03 bits per heavy atom. The molecule has 3 rings (SSSR count). The number of aliphatic carboxylic acids is 1. The molecule has 0 radical (unpaired) electrons. The van der Waals surface area contributed by atoms with E-state index in [1.54, 1.807) is 19.2 Å². The molecule has 7 nitrogen and oxygen atoms in total. The van der Waals surface area contributed by atoms with Crippen LogP contribution in [0.3, 0.4) is 0 Å². The van der Waals surface area contributed by atoms with Crippen LogP contribution in [0.4, 0.5) is 0 Å². The molecule has 2 unspecified atom stereocenters. The average molecular weight is 433 g/mol. The van der Waals surface area contributed by atoms with E-state index >= 15 is 0 Å². The molecule has 1 aliphatic heterocycles. The molecule has 0 spiro atoms. The number of likely N-dealkylation sites (N-methyl/N-ethyl adjacent to an activating group) is 1. The Bertz CT molecular complexity index is 1020. The van der Waals surface area contributed by atoms with Crippen LogP contribution in [0.1, 0.15) is 31.5 Å². The highest BCUT2D eigenvalue weighted by molar-refractivity contribution is 7.89. The maximum atomic E-state index is 13.0. The van der Waals surface area contributed by atoms with Gasteiger partial charge in [-0.2, -0.15) is 4.31 Å². The van der Waals surface area contributed by atoms with Crippen LogP contribution < -0.4 is 0 Å². The zero-order valence-electron chi connectivity index (χ0n) is 17.5. The number of hydrogen-bond donors (Lipinski definition) is 1. The number of ether oxygens (including phenoxy) is 1. The first-order valence-electron chi connectivity index (χ1n) is 10.2. The summed E-state index contributed by atoms with van der Waals surface area (Å²) in [4.78, 5) is 16.3. The molecule has 2 heterocycles. The van der Waals surface area contributed by atoms with Gasteiger partial charge < -0.3 is 9.84 Å². The average Bonchev–Trinajstić information content (AvgIpc) is 3.55. The summed E-state index contributed by atoms with van der Waals surface area (Å²) in [7, 11) is -2.03. The predicted molar refractivity (Wildman–Crippen MR) is 114 cm³/mol. The smallest absolute Gasteiger partial charge is 0.306 e. The molecule has 1 fully saturated rings. The molecule has 162 valence electrons. The lowest BCUT2D eigenvalue weighted by Crippen LogP contribution is -2.31. The maximum absolute atomic E-state index is 13.0. The van der Waals surface area contributed by atoms with Crippen molar-refractivity contribution in [3.8, 4) is 11.3 Å². The Morgan fingerprint density at radius 3 is 2.63 bits per heavy atom. The Hall–Kier alpha value is -2.29. The van der Waals surface area contributed by atoms with E-state index in [9.17, 15) is 18.3 Å². The number of nitrogens with zero attached hydrogens (tertiary/aromatic N) is 2. The lowest BCUT2D eigenvalue weighted by atomic mass is 9.99. The number of carboxylic acids is 1.